The Bertz CT molecular complexity index is 956. The minimum atomic E-state index is -0.516. The first-order valence-electron chi connectivity index (χ1n) is 8.36. The molecule has 0 bridgehead atoms. The molecule has 4 rings (SSSR count). The molecule has 6 nitrogen and oxygen atoms in total. The van der Waals surface area contributed by atoms with Gasteiger partial charge in [0.25, 0.3) is 5.91 Å². The second-order valence-corrected chi connectivity index (χ2v) is 7.97. The quantitative estimate of drug-likeness (QED) is 0.723. The monoisotopic (exact) mass is 402 g/mol. The van der Waals surface area contributed by atoms with Crippen molar-refractivity contribution >= 4 is 39.6 Å². The minimum Gasteiger partial charge on any atom is -0.326 e. The van der Waals surface area contributed by atoms with Crippen LogP contribution in [0.2, 0.25) is 0 Å². The number of halogens is 1. The van der Waals surface area contributed by atoms with E-state index in [2.05, 4.69) is 15.5 Å². The number of benzene rings is 1. The molecule has 0 aliphatic carbocycles. The van der Waals surface area contributed by atoms with E-state index in [4.69, 9.17) is 0 Å². The van der Waals surface area contributed by atoms with Crippen LogP contribution in [-0.2, 0) is 4.79 Å². The van der Waals surface area contributed by atoms with Gasteiger partial charge in [0.05, 0.1) is 4.88 Å². The Kier molecular flexibility index (Phi) is 4.95. The molecule has 2 aromatic heterocycles. The summed E-state index contributed by atoms with van der Waals surface area (Å²) in [6.45, 7) is 0.561. The minimum absolute atomic E-state index is 0.119. The van der Waals surface area contributed by atoms with Crippen molar-refractivity contribution in [2.24, 2.45) is 0 Å². The van der Waals surface area contributed by atoms with Gasteiger partial charge in [0.2, 0.25) is 11.0 Å². The maximum atomic E-state index is 13.0. The van der Waals surface area contributed by atoms with Crippen molar-refractivity contribution in [3.8, 4) is 10.6 Å². The molecule has 1 aliphatic heterocycles. The molecule has 27 heavy (non-hydrogen) atoms. The lowest BCUT2D eigenvalue weighted by molar-refractivity contribution is -0.119. The molecule has 138 valence electrons. The zero-order valence-electron chi connectivity index (χ0n) is 14.1. The van der Waals surface area contributed by atoms with Crippen LogP contribution in [0.5, 0.6) is 0 Å². The van der Waals surface area contributed by atoms with Gasteiger partial charge >= 0.3 is 0 Å². The van der Waals surface area contributed by atoms with Gasteiger partial charge in [-0.2, -0.15) is 0 Å². The van der Waals surface area contributed by atoms with E-state index < -0.39 is 6.04 Å². The first-order chi connectivity index (χ1) is 13.1. The molecule has 0 saturated carbocycles. The molecule has 1 aliphatic rings. The van der Waals surface area contributed by atoms with Crippen LogP contribution < -0.4 is 5.32 Å². The van der Waals surface area contributed by atoms with Crippen molar-refractivity contribution in [2.45, 2.75) is 18.9 Å². The Morgan fingerprint density at radius 1 is 1.19 bits per heavy atom. The average molecular weight is 402 g/mol. The van der Waals surface area contributed by atoms with Crippen molar-refractivity contribution < 1.29 is 14.0 Å². The SMILES string of the molecule is O=C(Nc1nnc(-c2ccc(F)cc2)s1)C1CCCN1C(=O)c1cccs1. The van der Waals surface area contributed by atoms with Gasteiger partial charge < -0.3 is 4.90 Å². The number of hydrogen-bond donors (Lipinski definition) is 1. The van der Waals surface area contributed by atoms with Gasteiger partial charge in [-0.05, 0) is 48.6 Å². The van der Waals surface area contributed by atoms with Crippen molar-refractivity contribution in [1.29, 1.82) is 0 Å². The van der Waals surface area contributed by atoms with Gasteiger partial charge in [-0.15, -0.1) is 21.5 Å². The molecule has 1 saturated heterocycles. The number of anilines is 1. The Morgan fingerprint density at radius 2 is 2.00 bits per heavy atom. The van der Waals surface area contributed by atoms with E-state index in [1.165, 1.54) is 34.8 Å². The summed E-state index contributed by atoms with van der Waals surface area (Å²) in [5, 5.41) is 13.6. The molecular formula is C18H15FN4O2S2. The summed E-state index contributed by atoms with van der Waals surface area (Å²) in [6.07, 6.45) is 1.40. The fraction of sp³-hybridized carbons (Fsp3) is 0.222. The van der Waals surface area contributed by atoms with E-state index in [0.717, 1.165) is 12.0 Å². The van der Waals surface area contributed by atoms with Crippen LogP contribution in [0.3, 0.4) is 0 Å². The predicted octanol–water partition coefficient (Wildman–Crippen LogP) is 3.65. The molecule has 2 amide bonds. The number of rotatable bonds is 4. The van der Waals surface area contributed by atoms with Crippen LogP contribution in [0.25, 0.3) is 10.6 Å². The molecule has 9 heteroatoms. The van der Waals surface area contributed by atoms with E-state index in [1.807, 2.05) is 11.4 Å². The maximum Gasteiger partial charge on any atom is 0.264 e. The largest absolute Gasteiger partial charge is 0.326 e. The van der Waals surface area contributed by atoms with Gasteiger partial charge in [-0.25, -0.2) is 4.39 Å². The third-order valence-corrected chi connectivity index (χ3v) is 6.04. The molecular weight excluding hydrogens is 387 g/mol. The number of thiophene rings is 1. The summed E-state index contributed by atoms with van der Waals surface area (Å²) in [5.41, 5.74) is 0.727. The summed E-state index contributed by atoms with van der Waals surface area (Å²) in [6, 6.07) is 8.99. The highest BCUT2D eigenvalue weighted by atomic mass is 32.1. The highest BCUT2D eigenvalue weighted by Gasteiger charge is 2.35. The smallest absolute Gasteiger partial charge is 0.264 e. The summed E-state index contributed by atoms with van der Waals surface area (Å²) in [4.78, 5) is 27.5. The molecule has 3 aromatic rings. The molecule has 3 heterocycles. The Balaban J connectivity index is 1.46. The maximum absolute atomic E-state index is 13.0. The number of hydrogen-bond acceptors (Lipinski definition) is 6. The first kappa shape index (κ1) is 17.7. The highest BCUT2D eigenvalue weighted by Crippen LogP contribution is 2.28. The number of carbonyl (C=O) groups is 2. The topological polar surface area (TPSA) is 75.2 Å². The number of nitrogens with one attached hydrogen (secondary N) is 1. The van der Waals surface area contributed by atoms with E-state index in [-0.39, 0.29) is 17.6 Å². The third kappa shape index (κ3) is 3.74. The average Bonchev–Trinajstić information content (AvgIpc) is 3.42. The van der Waals surface area contributed by atoms with Gasteiger partial charge in [-0.3, -0.25) is 14.9 Å². The Morgan fingerprint density at radius 3 is 2.74 bits per heavy atom. The second-order valence-electron chi connectivity index (χ2n) is 6.04. The predicted molar refractivity (Wildman–Crippen MR) is 102 cm³/mol. The second kappa shape index (κ2) is 7.53. The molecule has 1 fully saturated rings. The Hall–Kier alpha value is -2.65. The van der Waals surface area contributed by atoms with Crippen molar-refractivity contribution in [1.82, 2.24) is 15.1 Å². The zero-order valence-corrected chi connectivity index (χ0v) is 15.7. The normalized spacial score (nSPS) is 16.5. The molecule has 0 radical (unpaired) electrons. The number of nitrogens with zero attached hydrogens (tertiary/aromatic N) is 3. The molecule has 1 unspecified atom stereocenters. The number of amides is 2. The van der Waals surface area contributed by atoms with Crippen molar-refractivity contribution in [3.05, 3.63) is 52.5 Å². The number of likely N-dealkylation sites (tertiary alicyclic amines) is 1. The molecule has 1 atom stereocenters. The lowest BCUT2D eigenvalue weighted by Crippen LogP contribution is -2.42. The summed E-state index contributed by atoms with van der Waals surface area (Å²) >= 11 is 2.58. The van der Waals surface area contributed by atoms with Crippen LogP contribution in [0.15, 0.2) is 41.8 Å². The van der Waals surface area contributed by atoms with E-state index in [9.17, 15) is 14.0 Å². The van der Waals surface area contributed by atoms with Gasteiger partial charge in [0, 0.05) is 12.1 Å². The van der Waals surface area contributed by atoms with Crippen molar-refractivity contribution in [2.75, 3.05) is 11.9 Å². The van der Waals surface area contributed by atoms with E-state index in [0.29, 0.717) is 28.0 Å². The lowest BCUT2D eigenvalue weighted by atomic mass is 10.2. The van der Waals surface area contributed by atoms with Crippen LogP contribution in [0, 0.1) is 5.82 Å². The number of carbonyl (C=O) groups excluding carboxylic acids is 2. The number of aromatic nitrogens is 2. The van der Waals surface area contributed by atoms with Crippen LogP contribution >= 0.6 is 22.7 Å². The fourth-order valence-electron chi connectivity index (χ4n) is 3.00. The third-order valence-electron chi connectivity index (χ3n) is 4.29. The highest BCUT2D eigenvalue weighted by molar-refractivity contribution is 7.18. The summed E-state index contributed by atoms with van der Waals surface area (Å²) in [7, 11) is 0. The lowest BCUT2D eigenvalue weighted by Gasteiger charge is -2.22. The van der Waals surface area contributed by atoms with Crippen LogP contribution in [0.1, 0.15) is 22.5 Å². The summed E-state index contributed by atoms with van der Waals surface area (Å²) < 4.78 is 13.0. The standard InChI is InChI=1S/C18H15FN4O2S2/c19-12-7-5-11(6-8-12)16-21-22-18(27-16)20-15(24)13-3-1-9-23(13)17(25)14-4-2-10-26-14/h2,4-8,10,13H,1,3,9H2,(H,20,22,24). The summed E-state index contributed by atoms with van der Waals surface area (Å²) in [5.74, 6) is -0.709. The van der Waals surface area contributed by atoms with Gasteiger partial charge in [0.15, 0.2) is 0 Å². The van der Waals surface area contributed by atoms with Gasteiger partial charge in [0.1, 0.15) is 16.9 Å². The van der Waals surface area contributed by atoms with E-state index >= 15 is 0 Å². The van der Waals surface area contributed by atoms with E-state index in [1.54, 1.807) is 23.1 Å². The van der Waals surface area contributed by atoms with Crippen LogP contribution in [0.4, 0.5) is 9.52 Å². The molecule has 1 aromatic carbocycles. The Labute approximate surface area is 162 Å². The van der Waals surface area contributed by atoms with Gasteiger partial charge in [-0.1, -0.05) is 17.4 Å². The molecule has 0 spiro atoms. The fourth-order valence-corrected chi connectivity index (χ4v) is 4.43. The zero-order chi connectivity index (χ0) is 18.8. The first-order valence-corrected chi connectivity index (χ1v) is 10.1. The molecule has 1 N–H and O–H groups in total. The van der Waals surface area contributed by atoms with Crippen LogP contribution in [-0.4, -0.2) is 39.5 Å². The van der Waals surface area contributed by atoms with Crippen molar-refractivity contribution in [3.63, 3.8) is 0 Å².